The first-order valence-corrected chi connectivity index (χ1v) is 9.29. The Morgan fingerprint density at radius 1 is 1.19 bits per heavy atom. The Labute approximate surface area is 159 Å². The Kier molecular flexibility index (Phi) is 4.44. The minimum absolute atomic E-state index is 0.107. The fraction of sp³-hybridized carbons (Fsp3) is 0.105. The number of fused-ring (bicyclic) bond motifs is 1. The number of amides is 1. The van der Waals surface area contributed by atoms with Crippen LogP contribution in [0.15, 0.2) is 54.0 Å². The first kappa shape index (κ1) is 16.8. The van der Waals surface area contributed by atoms with Gasteiger partial charge >= 0.3 is 0 Å². The molecule has 130 valence electrons. The summed E-state index contributed by atoms with van der Waals surface area (Å²) in [6.45, 7) is 1.89. The van der Waals surface area contributed by atoms with Crippen molar-refractivity contribution in [3.63, 3.8) is 0 Å². The predicted molar refractivity (Wildman–Crippen MR) is 105 cm³/mol. The number of nitrogens with zero attached hydrogens (tertiary/aromatic N) is 3. The van der Waals surface area contributed by atoms with E-state index in [1.807, 2.05) is 59.3 Å². The van der Waals surface area contributed by atoms with Crippen molar-refractivity contribution in [3.8, 4) is 11.3 Å². The fourth-order valence-electron chi connectivity index (χ4n) is 2.68. The number of halogens is 1. The lowest BCUT2D eigenvalue weighted by atomic mass is 10.2. The highest BCUT2D eigenvalue weighted by Gasteiger charge is 2.13. The highest BCUT2D eigenvalue weighted by molar-refractivity contribution is 7.15. The molecule has 1 aromatic carbocycles. The Hall–Kier alpha value is -2.70. The van der Waals surface area contributed by atoms with Crippen LogP contribution < -0.4 is 5.32 Å². The van der Waals surface area contributed by atoms with Crippen molar-refractivity contribution < 1.29 is 4.79 Å². The van der Waals surface area contributed by atoms with Crippen molar-refractivity contribution in [2.45, 2.75) is 13.3 Å². The predicted octanol–water partition coefficient (Wildman–Crippen LogP) is 4.60. The Bertz CT molecular complexity index is 1080. The largest absolute Gasteiger partial charge is 0.310 e. The van der Waals surface area contributed by atoms with Crippen molar-refractivity contribution in [2.75, 3.05) is 5.32 Å². The molecule has 3 heterocycles. The van der Waals surface area contributed by atoms with E-state index in [0.717, 1.165) is 27.6 Å². The molecule has 0 radical (unpaired) electrons. The average Bonchev–Trinajstić information content (AvgIpc) is 3.18. The molecule has 0 saturated heterocycles. The van der Waals surface area contributed by atoms with E-state index in [9.17, 15) is 4.79 Å². The van der Waals surface area contributed by atoms with Gasteiger partial charge < -0.3 is 5.32 Å². The summed E-state index contributed by atoms with van der Waals surface area (Å²) in [6.07, 6.45) is 2.20. The van der Waals surface area contributed by atoms with E-state index < -0.39 is 0 Å². The molecule has 0 aliphatic rings. The molecule has 0 aliphatic carbocycles. The second kappa shape index (κ2) is 6.90. The second-order valence-corrected chi connectivity index (χ2v) is 7.17. The third-order valence-corrected chi connectivity index (χ3v) is 5.06. The first-order valence-electron chi connectivity index (χ1n) is 8.03. The number of aryl methyl sites for hydroxylation is 1. The van der Waals surface area contributed by atoms with Gasteiger partial charge in [-0.05, 0) is 31.2 Å². The lowest BCUT2D eigenvalue weighted by Crippen LogP contribution is -2.16. The Balaban J connectivity index is 1.55. The fourth-order valence-corrected chi connectivity index (χ4v) is 3.68. The molecule has 0 aliphatic heterocycles. The molecule has 26 heavy (non-hydrogen) atoms. The van der Waals surface area contributed by atoms with Crippen molar-refractivity contribution in [3.05, 3.63) is 70.5 Å². The molecule has 0 spiro atoms. The van der Waals surface area contributed by atoms with Gasteiger partial charge in [-0.25, -0.2) is 9.97 Å². The molecule has 5 nitrogen and oxygen atoms in total. The molecule has 0 fully saturated rings. The molecule has 1 amide bonds. The van der Waals surface area contributed by atoms with Crippen molar-refractivity contribution in [1.82, 2.24) is 14.4 Å². The molecule has 0 atom stereocenters. The first-order chi connectivity index (χ1) is 12.6. The molecule has 0 bridgehead atoms. The minimum atomic E-state index is -0.107. The van der Waals surface area contributed by atoms with Crippen LogP contribution in [-0.4, -0.2) is 20.3 Å². The van der Waals surface area contributed by atoms with Gasteiger partial charge in [-0.1, -0.05) is 29.8 Å². The average molecular weight is 383 g/mol. The molecular formula is C19H15ClN4OS. The van der Waals surface area contributed by atoms with E-state index in [0.29, 0.717) is 10.8 Å². The van der Waals surface area contributed by atoms with Gasteiger partial charge in [-0.3, -0.25) is 9.20 Å². The number of hydrogen-bond acceptors (Lipinski definition) is 4. The van der Waals surface area contributed by atoms with E-state index in [1.165, 1.54) is 11.3 Å². The SMILES string of the molecule is Cc1cccc(NC(=O)Cc2csc3nc(-c4ccc(Cl)cc4)cn23)n1. The number of aromatic nitrogens is 3. The lowest BCUT2D eigenvalue weighted by molar-refractivity contribution is -0.115. The maximum Gasteiger partial charge on any atom is 0.231 e. The highest BCUT2D eigenvalue weighted by atomic mass is 35.5. The van der Waals surface area contributed by atoms with Crippen LogP contribution >= 0.6 is 22.9 Å². The summed E-state index contributed by atoms with van der Waals surface area (Å²) in [6, 6.07) is 13.1. The molecule has 0 saturated carbocycles. The van der Waals surface area contributed by atoms with Gasteiger partial charge in [0.1, 0.15) is 5.82 Å². The van der Waals surface area contributed by atoms with Crippen molar-refractivity contribution in [1.29, 1.82) is 0 Å². The van der Waals surface area contributed by atoms with Crippen LogP contribution in [0.5, 0.6) is 0 Å². The summed E-state index contributed by atoms with van der Waals surface area (Å²) in [5.74, 6) is 0.457. The number of imidazole rings is 1. The summed E-state index contributed by atoms with van der Waals surface area (Å²) >= 11 is 7.46. The van der Waals surface area contributed by atoms with E-state index in [4.69, 9.17) is 11.6 Å². The quantitative estimate of drug-likeness (QED) is 0.561. The number of thiazole rings is 1. The number of benzene rings is 1. The number of carbonyl (C=O) groups excluding carboxylic acids is 1. The Morgan fingerprint density at radius 2 is 2.00 bits per heavy atom. The van der Waals surface area contributed by atoms with Gasteiger partial charge in [0.25, 0.3) is 0 Å². The van der Waals surface area contributed by atoms with E-state index in [-0.39, 0.29) is 12.3 Å². The maximum absolute atomic E-state index is 12.4. The van der Waals surface area contributed by atoms with Gasteiger partial charge in [0.15, 0.2) is 4.96 Å². The Morgan fingerprint density at radius 3 is 2.77 bits per heavy atom. The van der Waals surface area contributed by atoms with Gasteiger partial charge in [-0.2, -0.15) is 0 Å². The van der Waals surface area contributed by atoms with Gasteiger partial charge in [0.05, 0.1) is 12.1 Å². The molecule has 1 N–H and O–H groups in total. The zero-order valence-electron chi connectivity index (χ0n) is 13.9. The zero-order valence-corrected chi connectivity index (χ0v) is 15.5. The lowest BCUT2D eigenvalue weighted by Gasteiger charge is -2.04. The van der Waals surface area contributed by atoms with Gasteiger partial charge in [0.2, 0.25) is 5.91 Å². The highest BCUT2D eigenvalue weighted by Crippen LogP contribution is 2.25. The summed E-state index contributed by atoms with van der Waals surface area (Å²) in [5.41, 5.74) is 3.60. The van der Waals surface area contributed by atoms with E-state index in [1.54, 1.807) is 6.07 Å². The third kappa shape index (κ3) is 3.47. The van der Waals surface area contributed by atoms with E-state index in [2.05, 4.69) is 15.3 Å². The summed E-state index contributed by atoms with van der Waals surface area (Å²) < 4.78 is 1.96. The molecule has 3 aromatic heterocycles. The summed E-state index contributed by atoms with van der Waals surface area (Å²) in [7, 11) is 0. The van der Waals surface area contributed by atoms with Crippen LogP contribution in [0, 0.1) is 6.92 Å². The molecule has 4 rings (SSSR count). The van der Waals surface area contributed by atoms with Gasteiger partial charge in [-0.15, -0.1) is 11.3 Å². The topological polar surface area (TPSA) is 59.3 Å². The number of pyridine rings is 1. The molecule has 7 heteroatoms. The summed E-state index contributed by atoms with van der Waals surface area (Å²) in [4.78, 5) is 22.1. The van der Waals surface area contributed by atoms with Gasteiger partial charge in [0, 0.05) is 33.6 Å². The van der Waals surface area contributed by atoms with Crippen LogP contribution in [0.25, 0.3) is 16.2 Å². The summed E-state index contributed by atoms with van der Waals surface area (Å²) in [5, 5.41) is 5.48. The van der Waals surface area contributed by atoms with Crippen molar-refractivity contribution >= 4 is 39.6 Å². The third-order valence-electron chi connectivity index (χ3n) is 3.92. The van der Waals surface area contributed by atoms with Crippen LogP contribution in [0.3, 0.4) is 0 Å². The number of hydrogen-bond donors (Lipinski definition) is 1. The van der Waals surface area contributed by atoms with Crippen LogP contribution in [0.4, 0.5) is 5.82 Å². The van der Waals surface area contributed by atoms with E-state index >= 15 is 0 Å². The number of anilines is 1. The number of rotatable bonds is 4. The standard InChI is InChI=1S/C19H15ClN4OS/c1-12-3-2-4-17(21-12)23-18(25)9-15-11-26-19-22-16(10-24(15)19)13-5-7-14(20)8-6-13/h2-8,10-11H,9H2,1H3,(H,21,23,25). The number of nitrogens with one attached hydrogen (secondary N) is 1. The monoisotopic (exact) mass is 382 g/mol. The number of carbonyl (C=O) groups is 1. The van der Waals surface area contributed by atoms with Crippen LogP contribution in [-0.2, 0) is 11.2 Å². The van der Waals surface area contributed by atoms with Crippen LogP contribution in [0.2, 0.25) is 5.02 Å². The second-order valence-electron chi connectivity index (χ2n) is 5.90. The molecule has 0 unspecified atom stereocenters. The van der Waals surface area contributed by atoms with Crippen molar-refractivity contribution in [2.24, 2.45) is 0 Å². The zero-order chi connectivity index (χ0) is 18.1. The normalized spacial score (nSPS) is 11.0. The molecular weight excluding hydrogens is 368 g/mol. The van der Waals surface area contributed by atoms with Crippen LogP contribution in [0.1, 0.15) is 11.4 Å². The molecule has 4 aromatic rings. The minimum Gasteiger partial charge on any atom is -0.310 e. The smallest absolute Gasteiger partial charge is 0.231 e. The maximum atomic E-state index is 12.4.